The number of rotatable bonds is 4. The molecule has 1 saturated heterocycles. The van der Waals surface area contributed by atoms with Crippen LogP contribution in [0.15, 0.2) is 0 Å². The number of hydrogen-bond donors (Lipinski definition) is 1. The second kappa shape index (κ2) is 4.49. The lowest BCUT2D eigenvalue weighted by Crippen LogP contribution is -2.38. The molecule has 0 spiro atoms. The largest absolute Gasteiger partial charge is 0.338 e. The van der Waals surface area contributed by atoms with Gasteiger partial charge in [0.25, 0.3) is 0 Å². The van der Waals surface area contributed by atoms with E-state index in [1.165, 1.54) is 0 Å². The first-order valence-corrected chi connectivity index (χ1v) is 6.82. The van der Waals surface area contributed by atoms with Gasteiger partial charge >= 0.3 is 0 Å². The van der Waals surface area contributed by atoms with Crippen LogP contribution in [0.3, 0.4) is 0 Å². The van der Waals surface area contributed by atoms with E-state index in [0.717, 1.165) is 12.8 Å². The van der Waals surface area contributed by atoms with Crippen LogP contribution in [-0.4, -0.2) is 37.1 Å². The smallest absolute Gasteiger partial charge is 0.224 e. The van der Waals surface area contributed by atoms with Crippen molar-refractivity contribution < 1.29 is 13.2 Å². The van der Waals surface area contributed by atoms with Crippen molar-refractivity contribution in [1.29, 1.82) is 0 Å². The van der Waals surface area contributed by atoms with Crippen LogP contribution in [0, 0.1) is 0 Å². The summed E-state index contributed by atoms with van der Waals surface area (Å²) in [6.07, 6.45) is 1.73. The molecule has 15 heavy (non-hydrogen) atoms. The molecule has 1 heterocycles. The number of sulfonamides is 1. The third-order valence-corrected chi connectivity index (χ3v) is 4.22. The highest BCUT2D eigenvalue weighted by Gasteiger charge is 2.38. The van der Waals surface area contributed by atoms with Gasteiger partial charge < -0.3 is 4.90 Å². The molecule has 1 atom stereocenters. The van der Waals surface area contributed by atoms with Gasteiger partial charge in [-0.05, 0) is 12.8 Å². The zero-order valence-corrected chi connectivity index (χ0v) is 9.96. The second-order valence-corrected chi connectivity index (χ2v) is 5.78. The summed E-state index contributed by atoms with van der Waals surface area (Å²) in [5.74, 6) is -0.0947. The number of carbonyl (C=O) groups excluding carboxylic acids is 1. The number of nitrogens with two attached hydrogens (primary N) is 1. The molecule has 0 bridgehead atoms. The molecule has 0 radical (unpaired) electrons. The van der Waals surface area contributed by atoms with Crippen LogP contribution < -0.4 is 5.14 Å². The molecule has 0 aromatic heterocycles. The van der Waals surface area contributed by atoms with Crippen LogP contribution in [0.5, 0.6) is 0 Å². The molecule has 1 aliphatic heterocycles. The van der Waals surface area contributed by atoms with E-state index in [2.05, 4.69) is 0 Å². The molecule has 1 aliphatic rings. The Bertz CT molecular complexity index is 335. The van der Waals surface area contributed by atoms with Crippen LogP contribution in [0.2, 0.25) is 0 Å². The third kappa shape index (κ3) is 2.69. The molecule has 0 aromatic carbocycles. The van der Waals surface area contributed by atoms with E-state index in [1.807, 2.05) is 13.8 Å². The van der Waals surface area contributed by atoms with E-state index in [9.17, 15) is 13.2 Å². The van der Waals surface area contributed by atoms with Crippen molar-refractivity contribution in [2.45, 2.75) is 44.4 Å². The predicted octanol–water partition coefficient (Wildman–Crippen LogP) is 0.0644. The lowest BCUT2D eigenvalue weighted by atomic mass is 10.1. The Morgan fingerprint density at radius 3 is 2.33 bits per heavy atom. The Morgan fingerprint density at radius 2 is 2.00 bits per heavy atom. The fourth-order valence-corrected chi connectivity index (χ4v) is 2.74. The van der Waals surface area contributed by atoms with Crippen molar-refractivity contribution >= 4 is 15.9 Å². The van der Waals surface area contributed by atoms with Gasteiger partial charge in [-0.15, -0.1) is 0 Å². The quantitative estimate of drug-likeness (QED) is 0.747. The Morgan fingerprint density at radius 1 is 1.47 bits per heavy atom. The predicted molar refractivity (Wildman–Crippen MR) is 57.6 cm³/mol. The summed E-state index contributed by atoms with van der Waals surface area (Å²) in [5.41, 5.74) is 0. The van der Waals surface area contributed by atoms with Gasteiger partial charge in [0, 0.05) is 19.0 Å². The highest BCUT2D eigenvalue weighted by Crippen LogP contribution is 2.21. The van der Waals surface area contributed by atoms with Crippen LogP contribution in [0.25, 0.3) is 0 Å². The van der Waals surface area contributed by atoms with E-state index in [1.54, 1.807) is 4.90 Å². The third-order valence-electron chi connectivity index (χ3n) is 2.97. The molecular formula is C9H18N2O3S. The number of primary sulfonamides is 1. The number of carbonyl (C=O) groups is 1. The summed E-state index contributed by atoms with van der Waals surface area (Å²) in [6.45, 7) is 4.24. The maximum Gasteiger partial charge on any atom is 0.224 e. The number of amides is 1. The molecule has 2 N–H and O–H groups in total. The molecule has 0 saturated carbocycles. The van der Waals surface area contributed by atoms with E-state index in [-0.39, 0.29) is 24.9 Å². The van der Waals surface area contributed by atoms with Gasteiger partial charge in [0.1, 0.15) is 5.25 Å². The molecule has 1 unspecified atom stereocenters. The second-order valence-electron chi connectivity index (χ2n) is 3.93. The topological polar surface area (TPSA) is 80.5 Å². The fourth-order valence-electron chi connectivity index (χ4n) is 2.00. The van der Waals surface area contributed by atoms with Crippen molar-refractivity contribution in [2.24, 2.45) is 5.14 Å². The molecule has 5 nitrogen and oxygen atoms in total. The number of likely N-dealkylation sites (tertiary alicyclic amines) is 1. The lowest BCUT2D eigenvalue weighted by Gasteiger charge is -2.25. The molecule has 0 aromatic rings. The van der Waals surface area contributed by atoms with E-state index in [4.69, 9.17) is 5.14 Å². The minimum absolute atomic E-state index is 0.0370. The van der Waals surface area contributed by atoms with Gasteiger partial charge in [-0.3, -0.25) is 4.79 Å². The standard InChI is InChI=1S/C9H18N2O3S/c1-3-7(4-2)11-6-8(5-9(11)12)15(10,13)14/h7-8H,3-6H2,1-2H3,(H2,10,13,14). The van der Waals surface area contributed by atoms with Crippen molar-refractivity contribution in [3.8, 4) is 0 Å². The first-order chi connectivity index (χ1) is 6.90. The minimum Gasteiger partial charge on any atom is -0.338 e. The van der Waals surface area contributed by atoms with Gasteiger partial charge in [-0.1, -0.05) is 13.8 Å². The van der Waals surface area contributed by atoms with Crippen LogP contribution >= 0.6 is 0 Å². The maximum absolute atomic E-state index is 11.6. The van der Waals surface area contributed by atoms with Crippen molar-refractivity contribution in [1.82, 2.24) is 4.90 Å². The van der Waals surface area contributed by atoms with E-state index in [0.29, 0.717) is 0 Å². The molecular weight excluding hydrogens is 216 g/mol. The highest BCUT2D eigenvalue weighted by molar-refractivity contribution is 7.89. The molecule has 1 amide bonds. The SMILES string of the molecule is CCC(CC)N1CC(S(N)(=O)=O)CC1=O. The summed E-state index contributed by atoms with van der Waals surface area (Å²) < 4.78 is 22.2. The first kappa shape index (κ1) is 12.4. The fraction of sp³-hybridized carbons (Fsp3) is 0.889. The average Bonchev–Trinajstić information content (AvgIpc) is 2.50. The molecule has 1 rings (SSSR count). The normalized spacial score (nSPS) is 22.8. The Labute approximate surface area is 90.7 Å². The molecule has 0 aliphatic carbocycles. The van der Waals surface area contributed by atoms with Crippen LogP contribution in [0.4, 0.5) is 0 Å². The summed E-state index contributed by atoms with van der Waals surface area (Å²) in [6, 6.07) is 0.143. The Balaban J connectivity index is 2.77. The summed E-state index contributed by atoms with van der Waals surface area (Å²) >= 11 is 0. The van der Waals surface area contributed by atoms with Gasteiger partial charge in [-0.25, -0.2) is 13.6 Å². The number of nitrogens with zero attached hydrogens (tertiary/aromatic N) is 1. The van der Waals surface area contributed by atoms with Crippen LogP contribution in [0.1, 0.15) is 33.1 Å². The van der Waals surface area contributed by atoms with Crippen molar-refractivity contribution in [2.75, 3.05) is 6.54 Å². The molecule has 1 fully saturated rings. The van der Waals surface area contributed by atoms with Gasteiger partial charge in [-0.2, -0.15) is 0 Å². The van der Waals surface area contributed by atoms with Crippen LogP contribution in [-0.2, 0) is 14.8 Å². The zero-order chi connectivity index (χ0) is 11.6. The van der Waals surface area contributed by atoms with Crippen molar-refractivity contribution in [3.63, 3.8) is 0 Å². The Kier molecular flexibility index (Phi) is 3.72. The minimum atomic E-state index is -3.58. The van der Waals surface area contributed by atoms with E-state index >= 15 is 0 Å². The van der Waals surface area contributed by atoms with Gasteiger partial charge in [0.2, 0.25) is 15.9 Å². The average molecular weight is 234 g/mol. The maximum atomic E-state index is 11.6. The Hall–Kier alpha value is -0.620. The lowest BCUT2D eigenvalue weighted by molar-refractivity contribution is -0.129. The summed E-state index contributed by atoms with van der Waals surface area (Å²) in [7, 11) is -3.58. The number of hydrogen-bond acceptors (Lipinski definition) is 3. The first-order valence-electron chi connectivity index (χ1n) is 5.21. The van der Waals surface area contributed by atoms with Crippen molar-refractivity contribution in [3.05, 3.63) is 0 Å². The summed E-state index contributed by atoms with van der Waals surface area (Å²) in [4.78, 5) is 13.2. The summed E-state index contributed by atoms with van der Waals surface area (Å²) in [5, 5.41) is 4.32. The van der Waals surface area contributed by atoms with Gasteiger partial charge in [0.05, 0.1) is 0 Å². The van der Waals surface area contributed by atoms with E-state index < -0.39 is 15.3 Å². The molecule has 6 heteroatoms. The molecule has 88 valence electrons. The highest BCUT2D eigenvalue weighted by atomic mass is 32.2. The van der Waals surface area contributed by atoms with Gasteiger partial charge in [0.15, 0.2) is 0 Å². The zero-order valence-electron chi connectivity index (χ0n) is 9.14. The monoisotopic (exact) mass is 234 g/mol.